The summed E-state index contributed by atoms with van der Waals surface area (Å²) in [4.78, 5) is 29.9. The second-order valence-electron chi connectivity index (χ2n) is 7.34. The van der Waals surface area contributed by atoms with Gasteiger partial charge in [-0.2, -0.15) is 0 Å². The number of aliphatic hydroxyl groups excluding tert-OH is 1. The van der Waals surface area contributed by atoms with Crippen LogP contribution < -0.4 is 10.9 Å². The van der Waals surface area contributed by atoms with Crippen LogP contribution >= 0.6 is 11.8 Å². The van der Waals surface area contributed by atoms with Crippen molar-refractivity contribution in [3.05, 3.63) is 34.6 Å². The fraction of sp³-hybridized carbons (Fsp3) is 0.571. The highest BCUT2D eigenvalue weighted by Gasteiger charge is 2.16. The van der Waals surface area contributed by atoms with Crippen LogP contribution in [-0.4, -0.2) is 39.0 Å². The first-order valence-corrected chi connectivity index (χ1v) is 11.2. The van der Waals surface area contributed by atoms with Gasteiger partial charge in [-0.25, -0.2) is 4.98 Å². The molecule has 1 heterocycles. The molecule has 1 saturated carbocycles. The average Bonchev–Trinajstić information content (AvgIpc) is 2.68. The number of aromatic nitrogens is 2. The Morgan fingerprint density at radius 2 is 1.89 bits per heavy atom. The van der Waals surface area contributed by atoms with E-state index in [1.165, 1.54) is 43.9 Å². The van der Waals surface area contributed by atoms with Gasteiger partial charge in [0.1, 0.15) is 0 Å². The van der Waals surface area contributed by atoms with Crippen LogP contribution in [0.4, 0.5) is 0 Å². The summed E-state index contributed by atoms with van der Waals surface area (Å²) in [6.45, 7) is 0.394. The fourth-order valence-corrected chi connectivity index (χ4v) is 4.52. The minimum atomic E-state index is -0.123. The van der Waals surface area contributed by atoms with Crippen molar-refractivity contribution >= 4 is 28.6 Å². The second kappa shape index (κ2) is 10.6. The first kappa shape index (κ1) is 20.9. The maximum Gasteiger partial charge on any atom is 0.262 e. The quantitative estimate of drug-likeness (QED) is 0.548. The number of aliphatic hydroxyl groups is 1. The van der Waals surface area contributed by atoms with Gasteiger partial charge < -0.3 is 10.4 Å². The molecule has 0 spiro atoms. The van der Waals surface area contributed by atoms with Crippen LogP contribution in [0.25, 0.3) is 10.9 Å². The van der Waals surface area contributed by atoms with Gasteiger partial charge in [0.25, 0.3) is 5.56 Å². The molecule has 6 nitrogen and oxygen atoms in total. The molecule has 7 heteroatoms. The lowest BCUT2D eigenvalue weighted by Gasteiger charge is -2.21. The van der Waals surface area contributed by atoms with E-state index in [0.717, 1.165) is 12.8 Å². The number of nitrogens with one attached hydrogen (secondary N) is 1. The van der Waals surface area contributed by atoms with Gasteiger partial charge in [0, 0.05) is 19.2 Å². The zero-order valence-electron chi connectivity index (χ0n) is 16.2. The minimum Gasteiger partial charge on any atom is -0.396 e. The molecule has 3 rings (SSSR count). The van der Waals surface area contributed by atoms with E-state index < -0.39 is 0 Å². The number of hydrogen-bond donors (Lipinski definition) is 2. The Hall–Kier alpha value is -1.86. The summed E-state index contributed by atoms with van der Waals surface area (Å²) in [5.41, 5.74) is 0.512. The van der Waals surface area contributed by atoms with E-state index in [1.807, 2.05) is 18.2 Å². The van der Waals surface area contributed by atoms with Crippen molar-refractivity contribution in [1.29, 1.82) is 0 Å². The third-order valence-electron chi connectivity index (χ3n) is 5.17. The van der Waals surface area contributed by atoms with Crippen LogP contribution in [0.2, 0.25) is 0 Å². The number of amides is 1. The smallest absolute Gasteiger partial charge is 0.262 e. The molecule has 0 atom stereocenters. The summed E-state index contributed by atoms with van der Waals surface area (Å²) in [6, 6.07) is 7.50. The number of thioether (sulfide) groups is 1. The van der Waals surface area contributed by atoms with Gasteiger partial charge in [0.2, 0.25) is 5.91 Å². The molecule has 1 aromatic heterocycles. The largest absolute Gasteiger partial charge is 0.396 e. The highest BCUT2D eigenvalue weighted by Crippen LogP contribution is 2.20. The molecule has 1 amide bonds. The lowest BCUT2D eigenvalue weighted by atomic mass is 9.97. The number of benzene rings is 1. The number of nitrogens with zero attached hydrogens (tertiary/aromatic N) is 2. The first-order chi connectivity index (χ1) is 13.7. The number of hydrogen-bond acceptors (Lipinski definition) is 5. The highest BCUT2D eigenvalue weighted by molar-refractivity contribution is 7.99. The van der Waals surface area contributed by atoms with Crippen LogP contribution in [0.5, 0.6) is 0 Å². The topological polar surface area (TPSA) is 84.2 Å². The van der Waals surface area contributed by atoms with E-state index in [-0.39, 0.29) is 29.9 Å². The molecule has 0 radical (unpaired) electrons. The Bertz CT molecular complexity index is 844. The Kier molecular flexibility index (Phi) is 7.91. The molecule has 1 aliphatic rings. The summed E-state index contributed by atoms with van der Waals surface area (Å²) < 4.78 is 1.58. The molecule has 28 heavy (non-hydrogen) atoms. The van der Waals surface area contributed by atoms with Crippen molar-refractivity contribution in [2.45, 2.75) is 69.1 Å². The third-order valence-corrected chi connectivity index (χ3v) is 6.15. The number of rotatable bonds is 7. The van der Waals surface area contributed by atoms with Crippen LogP contribution in [-0.2, 0) is 11.3 Å². The Labute approximate surface area is 169 Å². The molecule has 1 aliphatic carbocycles. The molecular formula is C21H29N3O3S. The van der Waals surface area contributed by atoms with E-state index in [1.54, 1.807) is 10.6 Å². The SMILES string of the molecule is O=C(CSc1nc2ccccc2c(=O)n1CCCO)NC1CCCCCCC1. The van der Waals surface area contributed by atoms with Crippen molar-refractivity contribution in [2.75, 3.05) is 12.4 Å². The molecule has 0 unspecified atom stereocenters. The number of carbonyl (C=O) groups excluding carboxylic acids is 1. The van der Waals surface area contributed by atoms with Crippen molar-refractivity contribution in [1.82, 2.24) is 14.9 Å². The number of para-hydroxylation sites is 1. The van der Waals surface area contributed by atoms with Gasteiger partial charge in [-0.05, 0) is 31.4 Å². The van der Waals surface area contributed by atoms with Crippen molar-refractivity contribution in [2.24, 2.45) is 0 Å². The normalized spacial score (nSPS) is 15.9. The summed E-state index contributed by atoms with van der Waals surface area (Å²) in [5.74, 6) is 0.229. The van der Waals surface area contributed by atoms with Crippen LogP contribution in [0.3, 0.4) is 0 Å². The minimum absolute atomic E-state index is 0.00550. The maximum absolute atomic E-state index is 12.8. The maximum atomic E-state index is 12.8. The molecule has 1 aromatic carbocycles. The van der Waals surface area contributed by atoms with E-state index >= 15 is 0 Å². The average molecular weight is 404 g/mol. The van der Waals surface area contributed by atoms with Crippen molar-refractivity contribution in [3.8, 4) is 0 Å². The zero-order valence-corrected chi connectivity index (χ0v) is 17.0. The molecular weight excluding hydrogens is 374 g/mol. The Morgan fingerprint density at radius 1 is 1.18 bits per heavy atom. The highest BCUT2D eigenvalue weighted by atomic mass is 32.2. The van der Waals surface area contributed by atoms with Crippen LogP contribution in [0, 0.1) is 0 Å². The monoisotopic (exact) mass is 403 g/mol. The standard InChI is InChI=1S/C21H29N3O3S/c25-14-8-13-24-20(27)17-11-6-7-12-18(17)23-21(24)28-15-19(26)22-16-9-4-2-1-3-5-10-16/h6-7,11-12,16,25H,1-5,8-10,13-15H2,(H,22,26). The zero-order chi connectivity index (χ0) is 19.8. The molecule has 0 bridgehead atoms. The van der Waals surface area contributed by atoms with E-state index in [9.17, 15) is 9.59 Å². The lowest BCUT2D eigenvalue weighted by Crippen LogP contribution is -2.36. The molecule has 1 fully saturated rings. The van der Waals surface area contributed by atoms with Crippen LogP contribution in [0.15, 0.2) is 34.2 Å². The third kappa shape index (κ3) is 5.58. The van der Waals surface area contributed by atoms with Gasteiger partial charge in [-0.15, -0.1) is 0 Å². The second-order valence-corrected chi connectivity index (χ2v) is 8.29. The van der Waals surface area contributed by atoms with Gasteiger partial charge in [-0.1, -0.05) is 56.0 Å². The molecule has 152 valence electrons. The van der Waals surface area contributed by atoms with E-state index in [4.69, 9.17) is 5.11 Å². The molecule has 2 aromatic rings. The summed E-state index contributed by atoms with van der Waals surface area (Å²) >= 11 is 1.29. The summed E-state index contributed by atoms with van der Waals surface area (Å²) in [7, 11) is 0. The molecule has 0 saturated heterocycles. The Balaban J connectivity index is 1.69. The Morgan fingerprint density at radius 3 is 2.64 bits per heavy atom. The summed E-state index contributed by atoms with van der Waals surface area (Å²) in [5, 5.41) is 13.4. The van der Waals surface area contributed by atoms with Crippen LogP contribution in [0.1, 0.15) is 51.4 Å². The molecule has 0 aliphatic heterocycles. The van der Waals surface area contributed by atoms with E-state index in [0.29, 0.717) is 29.0 Å². The number of fused-ring (bicyclic) bond motifs is 1. The number of carbonyl (C=O) groups is 1. The predicted octanol–water partition coefficient (Wildman–Crippen LogP) is 3.10. The predicted molar refractivity (Wildman–Crippen MR) is 113 cm³/mol. The first-order valence-electron chi connectivity index (χ1n) is 10.2. The van der Waals surface area contributed by atoms with Gasteiger partial charge in [0.05, 0.1) is 16.7 Å². The van der Waals surface area contributed by atoms with Crippen molar-refractivity contribution in [3.63, 3.8) is 0 Å². The summed E-state index contributed by atoms with van der Waals surface area (Å²) in [6.07, 6.45) is 8.71. The lowest BCUT2D eigenvalue weighted by molar-refractivity contribution is -0.119. The van der Waals surface area contributed by atoms with E-state index in [2.05, 4.69) is 10.3 Å². The molecule has 2 N–H and O–H groups in total. The van der Waals surface area contributed by atoms with Gasteiger partial charge >= 0.3 is 0 Å². The van der Waals surface area contributed by atoms with Gasteiger partial charge in [0.15, 0.2) is 5.16 Å². The van der Waals surface area contributed by atoms with Crippen molar-refractivity contribution < 1.29 is 9.90 Å². The van der Waals surface area contributed by atoms with Gasteiger partial charge in [-0.3, -0.25) is 14.2 Å². The fourth-order valence-electron chi connectivity index (χ4n) is 3.68.